The van der Waals surface area contributed by atoms with Gasteiger partial charge in [0.2, 0.25) is 5.91 Å². The summed E-state index contributed by atoms with van der Waals surface area (Å²) >= 11 is 0. The molecule has 0 bridgehead atoms. The number of hydrogen-bond donors (Lipinski definition) is 2. The molecule has 0 atom stereocenters. The van der Waals surface area contributed by atoms with Gasteiger partial charge in [-0.1, -0.05) is 0 Å². The molecule has 0 saturated carbocycles. The zero-order valence-electron chi connectivity index (χ0n) is 13.4. The molecule has 1 amide bonds. The van der Waals surface area contributed by atoms with Crippen molar-refractivity contribution in [2.45, 2.75) is 26.2 Å². The van der Waals surface area contributed by atoms with E-state index in [-0.39, 0.29) is 11.8 Å². The maximum Gasteiger partial charge on any atom is 0.225 e. The van der Waals surface area contributed by atoms with Gasteiger partial charge in [0.15, 0.2) is 0 Å². The molecule has 22 heavy (non-hydrogen) atoms. The first-order valence-electron chi connectivity index (χ1n) is 7.89. The summed E-state index contributed by atoms with van der Waals surface area (Å²) in [4.78, 5) is 24.9. The van der Waals surface area contributed by atoms with Gasteiger partial charge in [0.05, 0.1) is 0 Å². The maximum absolute atomic E-state index is 11.8. The summed E-state index contributed by atoms with van der Waals surface area (Å²) in [5, 5.41) is 5.91. The molecule has 1 aromatic rings. The van der Waals surface area contributed by atoms with Crippen molar-refractivity contribution < 1.29 is 9.59 Å². The SMILES string of the molecule is CNCCC(=O)Nc1ccc(N2CCC(C=O)CC2)cc1C. The average Bonchev–Trinajstić information content (AvgIpc) is 2.55. The van der Waals surface area contributed by atoms with Gasteiger partial charge in [-0.3, -0.25) is 4.79 Å². The van der Waals surface area contributed by atoms with E-state index >= 15 is 0 Å². The molecule has 1 aliphatic rings. The maximum atomic E-state index is 11.8. The lowest BCUT2D eigenvalue weighted by molar-refractivity contribution is -0.116. The smallest absolute Gasteiger partial charge is 0.225 e. The number of amides is 1. The Morgan fingerprint density at radius 1 is 1.36 bits per heavy atom. The fourth-order valence-electron chi connectivity index (χ4n) is 2.73. The van der Waals surface area contributed by atoms with Crippen molar-refractivity contribution in [3.05, 3.63) is 23.8 Å². The van der Waals surface area contributed by atoms with Crippen molar-refractivity contribution in [2.24, 2.45) is 5.92 Å². The van der Waals surface area contributed by atoms with Crippen LogP contribution in [0.1, 0.15) is 24.8 Å². The first-order valence-corrected chi connectivity index (χ1v) is 7.89. The van der Waals surface area contributed by atoms with Crippen molar-refractivity contribution in [1.82, 2.24) is 5.32 Å². The van der Waals surface area contributed by atoms with Gasteiger partial charge in [-0.05, 0) is 50.6 Å². The molecule has 0 radical (unpaired) electrons. The number of carbonyl (C=O) groups is 2. The van der Waals surface area contributed by atoms with Gasteiger partial charge in [0, 0.05) is 43.3 Å². The van der Waals surface area contributed by atoms with Crippen molar-refractivity contribution in [2.75, 3.05) is 36.9 Å². The van der Waals surface area contributed by atoms with Crippen LogP contribution in [0.4, 0.5) is 11.4 Å². The third-order valence-electron chi connectivity index (χ3n) is 4.18. The number of nitrogens with zero attached hydrogens (tertiary/aromatic N) is 1. The van der Waals surface area contributed by atoms with E-state index in [2.05, 4.69) is 21.6 Å². The van der Waals surface area contributed by atoms with Gasteiger partial charge in [-0.15, -0.1) is 0 Å². The lowest BCUT2D eigenvalue weighted by Gasteiger charge is -2.32. The van der Waals surface area contributed by atoms with Crippen molar-refractivity contribution in [3.8, 4) is 0 Å². The molecule has 1 aliphatic heterocycles. The standard InChI is InChI=1S/C17H25N3O2/c1-13-11-15(20-9-6-14(12-21)7-10-20)3-4-16(13)19-17(22)5-8-18-2/h3-4,11-12,14,18H,5-10H2,1-2H3,(H,19,22). The highest BCUT2D eigenvalue weighted by Crippen LogP contribution is 2.26. The molecule has 0 unspecified atom stereocenters. The number of benzene rings is 1. The van der Waals surface area contributed by atoms with Crippen LogP contribution in [0.2, 0.25) is 0 Å². The van der Waals surface area contributed by atoms with Crippen molar-refractivity contribution in [3.63, 3.8) is 0 Å². The van der Waals surface area contributed by atoms with E-state index < -0.39 is 0 Å². The number of aldehydes is 1. The highest BCUT2D eigenvalue weighted by molar-refractivity contribution is 5.91. The largest absolute Gasteiger partial charge is 0.371 e. The summed E-state index contributed by atoms with van der Waals surface area (Å²) in [5.74, 6) is 0.236. The van der Waals surface area contributed by atoms with E-state index in [1.165, 1.54) is 0 Å². The Balaban J connectivity index is 1.97. The lowest BCUT2D eigenvalue weighted by atomic mass is 9.98. The van der Waals surface area contributed by atoms with E-state index in [1.807, 2.05) is 26.1 Å². The minimum atomic E-state index is 0.0250. The van der Waals surface area contributed by atoms with Gasteiger partial charge in [0.1, 0.15) is 6.29 Å². The Bertz CT molecular complexity index is 523. The van der Waals surface area contributed by atoms with Crippen LogP contribution >= 0.6 is 0 Å². The number of piperidine rings is 1. The van der Waals surface area contributed by atoms with Crippen molar-refractivity contribution >= 4 is 23.6 Å². The molecule has 1 aromatic carbocycles. The number of rotatable bonds is 6. The Labute approximate surface area is 132 Å². The average molecular weight is 303 g/mol. The zero-order chi connectivity index (χ0) is 15.9. The van der Waals surface area contributed by atoms with E-state index in [4.69, 9.17) is 0 Å². The van der Waals surface area contributed by atoms with E-state index in [0.717, 1.165) is 49.2 Å². The van der Waals surface area contributed by atoms with Gasteiger partial charge in [-0.25, -0.2) is 0 Å². The summed E-state index contributed by atoms with van der Waals surface area (Å²) in [6.07, 6.45) is 3.39. The highest BCUT2D eigenvalue weighted by atomic mass is 16.1. The Morgan fingerprint density at radius 2 is 2.09 bits per heavy atom. The summed E-state index contributed by atoms with van der Waals surface area (Å²) in [6, 6.07) is 6.12. The van der Waals surface area contributed by atoms with Gasteiger partial charge in [0.25, 0.3) is 0 Å². The minimum absolute atomic E-state index is 0.0250. The van der Waals surface area contributed by atoms with Crippen LogP contribution in [0, 0.1) is 12.8 Å². The number of carbonyl (C=O) groups excluding carboxylic acids is 2. The van der Waals surface area contributed by atoms with E-state index in [0.29, 0.717) is 13.0 Å². The molecule has 0 aliphatic carbocycles. The summed E-state index contributed by atoms with van der Waals surface area (Å²) in [7, 11) is 1.83. The van der Waals surface area contributed by atoms with Crippen LogP contribution in [-0.2, 0) is 9.59 Å². The Kier molecular flexibility index (Phi) is 5.95. The van der Waals surface area contributed by atoms with Crippen molar-refractivity contribution in [1.29, 1.82) is 0 Å². The normalized spacial score (nSPS) is 15.6. The monoisotopic (exact) mass is 303 g/mol. The van der Waals surface area contributed by atoms with Crippen LogP contribution < -0.4 is 15.5 Å². The Hall–Kier alpha value is -1.88. The molecule has 2 N–H and O–H groups in total. The summed E-state index contributed by atoms with van der Waals surface area (Å²) < 4.78 is 0. The second kappa shape index (κ2) is 7.94. The molecule has 1 fully saturated rings. The molecule has 1 heterocycles. The molecule has 0 spiro atoms. The third-order valence-corrected chi connectivity index (χ3v) is 4.18. The summed E-state index contributed by atoms with van der Waals surface area (Å²) in [6.45, 7) is 4.51. The van der Waals surface area contributed by atoms with Crippen LogP contribution in [0.15, 0.2) is 18.2 Å². The Morgan fingerprint density at radius 3 is 2.68 bits per heavy atom. The molecule has 2 rings (SSSR count). The van der Waals surface area contributed by atoms with E-state index in [1.54, 1.807) is 0 Å². The molecular weight excluding hydrogens is 278 g/mol. The van der Waals surface area contributed by atoms with E-state index in [9.17, 15) is 9.59 Å². The molecule has 5 nitrogen and oxygen atoms in total. The van der Waals surface area contributed by atoms with Gasteiger partial charge in [-0.2, -0.15) is 0 Å². The quantitative estimate of drug-likeness (QED) is 0.789. The van der Waals surface area contributed by atoms with Crippen LogP contribution in [0.25, 0.3) is 0 Å². The fourth-order valence-corrected chi connectivity index (χ4v) is 2.73. The number of aryl methyl sites for hydroxylation is 1. The molecule has 1 saturated heterocycles. The second-order valence-electron chi connectivity index (χ2n) is 5.86. The van der Waals surface area contributed by atoms with Crippen LogP contribution in [-0.4, -0.2) is 38.9 Å². The topological polar surface area (TPSA) is 61.4 Å². The van der Waals surface area contributed by atoms with Gasteiger partial charge >= 0.3 is 0 Å². The van der Waals surface area contributed by atoms with Crippen LogP contribution in [0.3, 0.4) is 0 Å². The molecule has 0 aromatic heterocycles. The molecule has 5 heteroatoms. The van der Waals surface area contributed by atoms with Crippen LogP contribution in [0.5, 0.6) is 0 Å². The fraction of sp³-hybridized carbons (Fsp3) is 0.529. The highest BCUT2D eigenvalue weighted by Gasteiger charge is 2.19. The first kappa shape index (κ1) is 16.5. The number of anilines is 2. The summed E-state index contributed by atoms with van der Waals surface area (Å²) in [5.41, 5.74) is 3.09. The number of nitrogens with one attached hydrogen (secondary N) is 2. The lowest BCUT2D eigenvalue weighted by Crippen LogP contribution is -2.34. The second-order valence-corrected chi connectivity index (χ2v) is 5.86. The predicted octanol–water partition coefficient (Wildman–Crippen LogP) is 1.96. The molecule has 120 valence electrons. The predicted molar refractivity (Wildman–Crippen MR) is 89.4 cm³/mol. The third kappa shape index (κ3) is 4.31. The van der Waals surface area contributed by atoms with Gasteiger partial charge < -0.3 is 20.3 Å². The zero-order valence-corrected chi connectivity index (χ0v) is 13.4. The first-order chi connectivity index (χ1) is 10.6. The number of hydrogen-bond acceptors (Lipinski definition) is 4. The minimum Gasteiger partial charge on any atom is -0.371 e. The molecular formula is C17H25N3O2.